The third kappa shape index (κ3) is 4.44. The van der Waals surface area contributed by atoms with Crippen LogP contribution in [0.3, 0.4) is 0 Å². The summed E-state index contributed by atoms with van der Waals surface area (Å²) in [6.45, 7) is 6.36. The number of rotatable bonds is 4. The van der Waals surface area contributed by atoms with Crippen molar-refractivity contribution in [1.29, 1.82) is 0 Å². The Kier molecular flexibility index (Phi) is 6.11. The molecule has 0 radical (unpaired) electrons. The number of carbonyl (C=O) groups is 2. The molecule has 4 rings (SSSR count). The highest BCUT2D eigenvalue weighted by molar-refractivity contribution is 6.32. The molecule has 1 aromatic carbocycles. The van der Waals surface area contributed by atoms with E-state index in [-0.39, 0.29) is 19.1 Å². The van der Waals surface area contributed by atoms with Crippen molar-refractivity contribution in [3.63, 3.8) is 0 Å². The smallest absolute Gasteiger partial charge is 0.417 e. The van der Waals surface area contributed by atoms with Crippen LogP contribution in [0.25, 0.3) is 0 Å². The second-order valence-electron chi connectivity index (χ2n) is 8.90. The van der Waals surface area contributed by atoms with E-state index in [0.29, 0.717) is 46.6 Å². The van der Waals surface area contributed by atoms with Gasteiger partial charge in [0.25, 0.3) is 5.91 Å². The summed E-state index contributed by atoms with van der Waals surface area (Å²) in [5.41, 5.74) is 2.14. The van der Waals surface area contributed by atoms with E-state index in [1.807, 2.05) is 6.07 Å². The number of nitrogens with one attached hydrogen (secondary N) is 1. The molecular formula is C23H26ClN3O5. The number of aliphatic hydroxyl groups is 1. The zero-order chi connectivity index (χ0) is 23.0. The molecule has 1 aromatic heterocycles. The molecule has 1 atom stereocenters. The van der Waals surface area contributed by atoms with Crippen LogP contribution < -0.4 is 5.32 Å². The molecule has 1 saturated heterocycles. The van der Waals surface area contributed by atoms with Gasteiger partial charge in [-0.3, -0.25) is 4.79 Å². The number of benzene rings is 1. The molecule has 32 heavy (non-hydrogen) atoms. The maximum Gasteiger partial charge on any atom is 0.417 e. The predicted octanol–water partition coefficient (Wildman–Crippen LogP) is 4.37. The van der Waals surface area contributed by atoms with Gasteiger partial charge < -0.3 is 19.9 Å². The fourth-order valence-corrected chi connectivity index (χ4v) is 4.17. The van der Waals surface area contributed by atoms with Crippen molar-refractivity contribution in [3.05, 3.63) is 51.7 Å². The molecule has 1 unspecified atom stereocenters. The Balaban J connectivity index is 1.62. The SMILES string of the molecule is CC(C)(C)OC(=O)N1Cc2c(Cl)ccc(Nc3ccc(C4CCOC4)c(CO)n3)c2C1=O. The van der Waals surface area contributed by atoms with E-state index in [9.17, 15) is 14.7 Å². The van der Waals surface area contributed by atoms with E-state index in [2.05, 4.69) is 10.3 Å². The quantitative estimate of drug-likeness (QED) is 0.700. The minimum atomic E-state index is -0.728. The first kappa shape index (κ1) is 22.5. The zero-order valence-electron chi connectivity index (χ0n) is 18.3. The van der Waals surface area contributed by atoms with Crippen molar-refractivity contribution in [1.82, 2.24) is 9.88 Å². The van der Waals surface area contributed by atoms with Crippen LogP contribution in [0, 0.1) is 0 Å². The molecular weight excluding hydrogens is 434 g/mol. The second-order valence-corrected chi connectivity index (χ2v) is 9.30. The lowest BCUT2D eigenvalue weighted by atomic mass is 9.97. The number of imide groups is 1. The van der Waals surface area contributed by atoms with E-state index >= 15 is 0 Å². The van der Waals surface area contributed by atoms with Crippen LogP contribution in [0.2, 0.25) is 5.02 Å². The van der Waals surface area contributed by atoms with E-state index in [4.69, 9.17) is 21.1 Å². The maximum absolute atomic E-state index is 13.1. The Bertz CT molecular complexity index is 1060. The monoisotopic (exact) mass is 459 g/mol. The highest BCUT2D eigenvalue weighted by atomic mass is 35.5. The van der Waals surface area contributed by atoms with Crippen LogP contribution in [0.5, 0.6) is 0 Å². The molecule has 9 heteroatoms. The molecule has 3 heterocycles. The first-order chi connectivity index (χ1) is 15.2. The molecule has 0 bridgehead atoms. The summed E-state index contributed by atoms with van der Waals surface area (Å²) in [4.78, 5) is 31.2. The number of anilines is 2. The summed E-state index contributed by atoms with van der Waals surface area (Å²) in [7, 11) is 0. The van der Waals surface area contributed by atoms with Crippen molar-refractivity contribution >= 4 is 35.1 Å². The van der Waals surface area contributed by atoms with Crippen LogP contribution in [0.4, 0.5) is 16.3 Å². The summed E-state index contributed by atoms with van der Waals surface area (Å²) in [6, 6.07) is 7.08. The molecule has 0 spiro atoms. The van der Waals surface area contributed by atoms with Gasteiger partial charge in [0, 0.05) is 23.1 Å². The van der Waals surface area contributed by atoms with Crippen molar-refractivity contribution in [2.45, 2.75) is 51.9 Å². The van der Waals surface area contributed by atoms with Crippen LogP contribution in [-0.2, 0) is 22.6 Å². The topological polar surface area (TPSA) is 101 Å². The lowest BCUT2D eigenvalue weighted by Gasteiger charge is -2.23. The molecule has 170 valence electrons. The number of nitrogens with zero attached hydrogens (tertiary/aromatic N) is 2. The summed E-state index contributed by atoms with van der Waals surface area (Å²) < 4.78 is 10.8. The average Bonchev–Trinajstić information content (AvgIpc) is 3.38. The van der Waals surface area contributed by atoms with Crippen molar-refractivity contribution in [2.24, 2.45) is 0 Å². The average molecular weight is 460 g/mol. The van der Waals surface area contributed by atoms with Crippen molar-refractivity contribution < 1.29 is 24.2 Å². The summed E-state index contributed by atoms with van der Waals surface area (Å²) in [5.74, 6) is 0.202. The number of halogens is 1. The highest BCUT2D eigenvalue weighted by Crippen LogP contribution is 2.37. The molecule has 2 N–H and O–H groups in total. The lowest BCUT2D eigenvalue weighted by Crippen LogP contribution is -2.37. The van der Waals surface area contributed by atoms with E-state index in [1.54, 1.807) is 39.0 Å². The Hall–Kier alpha value is -2.68. The third-order valence-electron chi connectivity index (χ3n) is 5.44. The van der Waals surface area contributed by atoms with Gasteiger partial charge in [-0.2, -0.15) is 0 Å². The van der Waals surface area contributed by atoms with Gasteiger partial charge in [0.15, 0.2) is 0 Å². The Morgan fingerprint density at radius 1 is 1.34 bits per heavy atom. The second kappa shape index (κ2) is 8.69. The van der Waals surface area contributed by atoms with Crippen molar-refractivity contribution in [2.75, 3.05) is 18.5 Å². The normalized spacial score (nSPS) is 18.1. The van der Waals surface area contributed by atoms with Gasteiger partial charge >= 0.3 is 6.09 Å². The Morgan fingerprint density at radius 2 is 2.12 bits per heavy atom. The van der Waals surface area contributed by atoms with Gasteiger partial charge in [0.1, 0.15) is 11.4 Å². The number of fused-ring (bicyclic) bond motifs is 1. The van der Waals surface area contributed by atoms with E-state index in [1.165, 1.54) is 0 Å². The standard InChI is InChI=1S/C23H26ClN3O5/c1-23(2,3)32-22(30)27-10-15-16(24)5-6-17(20(15)21(27)29)25-19-7-4-14(18(11-28)26-19)13-8-9-31-12-13/h4-7,13,28H,8-12H2,1-3H3,(H,25,26). The van der Waals surface area contributed by atoms with Gasteiger partial charge in [-0.05, 0) is 51.0 Å². The van der Waals surface area contributed by atoms with Crippen LogP contribution in [0.1, 0.15) is 60.3 Å². The largest absolute Gasteiger partial charge is 0.443 e. The fraction of sp³-hybridized carbons (Fsp3) is 0.435. The van der Waals surface area contributed by atoms with Gasteiger partial charge in [0.2, 0.25) is 0 Å². The molecule has 2 aromatic rings. The number of pyridine rings is 1. The first-order valence-electron chi connectivity index (χ1n) is 10.5. The zero-order valence-corrected chi connectivity index (χ0v) is 19.0. The van der Waals surface area contributed by atoms with Gasteiger partial charge in [-0.15, -0.1) is 0 Å². The predicted molar refractivity (Wildman–Crippen MR) is 119 cm³/mol. The minimum absolute atomic E-state index is 0.0351. The lowest BCUT2D eigenvalue weighted by molar-refractivity contribution is 0.0248. The number of aromatic nitrogens is 1. The molecule has 0 aliphatic carbocycles. The van der Waals surface area contributed by atoms with Gasteiger partial charge in [0.05, 0.1) is 36.7 Å². The maximum atomic E-state index is 13.1. The molecule has 1 fully saturated rings. The van der Waals surface area contributed by atoms with Gasteiger partial charge in [-0.25, -0.2) is 14.7 Å². The summed E-state index contributed by atoms with van der Waals surface area (Å²) in [5, 5.41) is 13.4. The molecule has 8 nitrogen and oxygen atoms in total. The highest BCUT2D eigenvalue weighted by Gasteiger charge is 2.38. The molecule has 2 aliphatic heterocycles. The van der Waals surface area contributed by atoms with E-state index < -0.39 is 17.6 Å². The van der Waals surface area contributed by atoms with Crippen LogP contribution in [0.15, 0.2) is 24.3 Å². The third-order valence-corrected chi connectivity index (χ3v) is 5.79. The number of carbonyl (C=O) groups excluding carboxylic acids is 2. The Labute approximate surface area is 191 Å². The number of aliphatic hydroxyl groups excluding tert-OH is 1. The van der Waals surface area contributed by atoms with Gasteiger partial charge in [-0.1, -0.05) is 17.7 Å². The first-order valence-corrected chi connectivity index (χ1v) is 10.9. The molecule has 2 aliphatic rings. The summed E-state index contributed by atoms with van der Waals surface area (Å²) >= 11 is 6.33. The minimum Gasteiger partial charge on any atom is -0.443 e. The number of ether oxygens (including phenoxy) is 2. The van der Waals surface area contributed by atoms with Crippen LogP contribution in [-0.4, -0.2) is 45.8 Å². The number of hydrogen-bond acceptors (Lipinski definition) is 7. The van der Waals surface area contributed by atoms with Crippen LogP contribution >= 0.6 is 11.6 Å². The van der Waals surface area contributed by atoms with E-state index in [0.717, 1.165) is 16.9 Å². The fourth-order valence-electron chi connectivity index (χ4n) is 3.95. The van der Waals surface area contributed by atoms with Crippen molar-refractivity contribution in [3.8, 4) is 0 Å². The number of amides is 2. The molecule has 2 amide bonds. The molecule has 0 saturated carbocycles. The summed E-state index contributed by atoms with van der Waals surface area (Å²) in [6.07, 6.45) is 0.172. The number of hydrogen-bond donors (Lipinski definition) is 2. The Morgan fingerprint density at radius 3 is 2.78 bits per heavy atom.